The third-order valence-electron chi connectivity index (χ3n) is 5.47. The number of aromatic nitrogens is 1. The zero-order valence-electron chi connectivity index (χ0n) is 17.6. The van der Waals surface area contributed by atoms with E-state index < -0.39 is 11.6 Å². The van der Waals surface area contributed by atoms with Crippen molar-refractivity contribution >= 4 is 56.0 Å². The maximum Gasteiger partial charge on any atom is 0.295 e. The Morgan fingerprint density at radius 2 is 1.94 bits per heavy atom. The summed E-state index contributed by atoms with van der Waals surface area (Å²) in [6, 6.07) is 11.1. The molecular formula is C23H22ClF2N3O3S. The molecule has 1 aliphatic heterocycles. The van der Waals surface area contributed by atoms with Crippen LogP contribution >= 0.6 is 23.7 Å². The van der Waals surface area contributed by atoms with E-state index in [2.05, 4.69) is 9.88 Å². The number of carbonyl (C=O) groups excluding carboxylic acids is 1. The number of morpholine rings is 1. The number of hydrogen-bond acceptors (Lipinski definition) is 6. The fourth-order valence-electron chi connectivity index (χ4n) is 3.84. The molecule has 1 fully saturated rings. The first-order chi connectivity index (χ1) is 15.6. The van der Waals surface area contributed by atoms with Crippen LogP contribution in [0.5, 0.6) is 0 Å². The van der Waals surface area contributed by atoms with E-state index in [9.17, 15) is 13.6 Å². The Morgan fingerprint density at radius 1 is 1.15 bits per heavy atom. The van der Waals surface area contributed by atoms with E-state index in [1.165, 1.54) is 11.0 Å². The van der Waals surface area contributed by atoms with Gasteiger partial charge in [0.15, 0.2) is 16.7 Å². The molecule has 1 aliphatic rings. The van der Waals surface area contributed by atoms with Gasteiger partial charge in [0.05, 0.1) is 17.9 Å². The molecule has 3 heterocycles. The quantitative estimate of drug-likeness (QED) is 0.373. The molecule has 174 valence electrons. The van der Waals surface area contributed by atoms with Gasteiger partial charge in [-0.3, -0.25) is 14.6 Å². The van der Waals surface area contributed by atoms with Crippen LogP contribution in [0.3, 0.4) is 0 Å². The Balaban J connectivity index is 0.00000259. The minimum atomic E-state index is -0.744. The molecule has 0 bridgehead atoms. The number of fused-ring (bicyclic) bond motifs is 2. The van der Waals surface area contributed by atoms with Crippen molar-refractivity contribution in [3.63, 3.8) is 0 Å². The number of nitrogens with zero attached hydrogens (tertiary/aromatic N) is 3. The molecule has 1 saturated heterocycles. The second kappa shape index (κ2) is 10.1. The average Bonchev–Trinajstić information content (AvgIpc) is 3.41. The van der Waals surface area contributed by atoms with E-state index in [4.69, 9.17) is 9.15 Å². The summed E-state index contributed by atoms with van der Waals surface area (Å²) >= 11 is 1.09. The SMILES string of the molecule is Cl.O=C(c1cc2ccccc2o1)N(CCCN1CCOCC1)c1nc2c(F)cc(F)cc2s1. The number of rotatable bonds is 6. The highest BCUT2D eigenvalue weighted by molar-refractivity contribution is 7.22. The molecule has 4 aromatic rings. The van der Waals surface area contributed by atoms with E-state index in [1.54, 1.807) is 12.1 Å². The van der Waals surface area contributed by atoms with Crippen molar-refractivity contribution in [1.82, 2.24) is 9.88 Å². The molecule has 2 aromatic heterocycles. The van der Waals surface area contributed by atoms with Crippen molar-refractivity contribution < 1.29 is 22.7 Å². The normalized spacial score (nSPS) is 14.5. The molecule has 0 unspecified atom stereocenters. The lowest BCUT2D eigenvalue weighted by molar-refractivity contribution is 0.0376. The Kier molecular flexibility index (Phi) is 7.23. The van der Waals surface area contributed by atoms with Gasteiger partial charge < -0.3 is 9.15 Å². The van der Waals surface area contributed by atoms with Gasteiger partial charge in [-0.1, -0.05) is 29.5 Å². The van der Waals surface area contributed by atoms with Gasteiger partial charge in [0.1, 0.15) is 16.9 Å². The van der Waals surface area contributed by atoms with Gasteiger partial charge in [-0.2, -0.15) is 0 Å². The Labute approximate surface area is 199 Å². The maximum absolute atomic E-state index is 14.2. The molecule has 6 nitrogen and oxygen atoms in total. The summed E-state index contributed by atoms with van der Waals surface area (Å²) in [4.78, 5) is 21.5. The average molecular weight is 494 g/mol. The molecule has 0 spiro atoms. The monoisotopic (exact) mass is 493 g/mol. The number of amides is 1. The molecule has 33 heavy (non-hydrogen) atoms. The Bertz CT molecular complexity index is 1240. The number of furan rings is 1. The second-order valence-electron chi connectivity index (χ2n) is 7.64. The van der Waals surface area contributed by atoms with Gasteiger partial charge in [-0.15, -0.1) is 12.4 Å². The highest BCUT2D eigenvalue weighted by Crippen LogP contribution is 2.32. The van der Waals surface area contributed by atoms with Crippen LogP contribution in [0.4, 0.5) is 13.9 Å². The summed E-state index contributed by atoms with van der Waals surface area (Å²) in [6.07, 6.45) is 0.693. The van der Waals surface area contributed by atoms with Crippen LogP contribution in [-0.4, -0.2) is 55.2 Å². The van der Waals surface area contributed by atoms with Gasteiger partial charge >= 0.3 is 0 Å². The van der Waals surface area contributed by atoms with Crippen LogP contribution in [0.1, 0.15) is 17.0 Å². The van der Waals surface area contributed by atoms with Crippen molar-refractivity contribution in [3.05, 3.63) is 59.9 Å². The maximum atomic E-state index is 14.2. The number of carbonyl (C=O) groups is 1. The predicted molar refractivity (Wildman–Crippen MR) is 127 cm³/mol. The molecule has 0 aliphatic carbocycles. The number of anilines is 1. The smallest absolute Gasteiger partial charge is 0.295 e. The molecule has 0 saturated carbocycles. The first-order valence-corrected chi connectivity index (χ1v) is 11.3. The van der Waals surface area contributed by atoms with Crippen LogP contribution in [0.25, 0.3) is 21.2 Å². The van der Waals surface area contributed by atoms with E-state index in [-0.39, 0.29) is 29.6 Å². The zero-order chi connectivity index (χ0) is 22.1. The largest absolute Gasteiger partial charge is 0.451 e. The fourth-order valence-corrected chi connectivity index (χ4v) is 4.87. The van der Waals surface area contributed by atoms with Crippen LogP contribution in [0, 0.1) is 11.6 Å². The number of thiazole rings is 1. The highest BCUT2D eigenvalue weighted by atomic mass is 35.5. The standard InChI is InChI=1S/C23H21F2N3O3S.ClH/c24-16-13-17(25)21-20(14-16)32-23(26-21)28(7-3-6-27-8-10-30-11-9-27)22(29)19-12-15-4-1-2-5-18(15)31-19;/h1-2,4-5,12-14H,3,6-11H2;1H. The number of benzene rings is 2. The van der Waals surface area contributed by atoms with E-state index in [1.807, 2.05) is 18.2 Å². The van der Waals surface area contributed by atoms with E-state index >= 15 is 0 Å². The molecule has 10 heteroatoms. The third kappa shape index (κ3) is 5.01. The number of hydrogen-bond donors (Lipinski definition) is 0. The van der Waals surface area contributed by atoms with Gasteiger partial charge in [-0.05, 0) is 24.6 Å². The zero-order valence-corrected chi connectivity index (χ0v) is 19.3. The number of halogens is 3. The second-order valence-corrected chi connectivity index (χ2v) is 8.65. The van der Waals surface area contributed by atoms with Crippen molar-refractivity contribution in [2.45, 2.75) is 6.42 Å². The summed E-state index contributed by atoms with van der Waals surface area (Å²) in [5, 5.41) is 1.14. The van der Waals surface area contributed by atoms with Crippen molar-refractivity contribution in [1.29, 1.82) is 0 Å². The summed E-state index contributed by atoms with van der Waals surface area (Å²) in [5.74, 6) is -1.59. The van der Waals surface area contributed by atoms with Crippen molar-refractivity contribution in [2.75, 3.05) is 44.3 Å². The van der Waals surface area contributed by atoms with Crippen molar-refractivity contribution in [3.8, 4) is 0 Å². The van der Waals surface area contributed by atoms with Gasteiger partial charge in [-0.25, -0.2) is 13.8 Å². The summed E-state index contributed by atoms with van der Waals surface area (Å²) < 4.78 is 39.4. The summed E-state index contributed by atoms with van der Waals surface area (Å²) in [6.45, 7) is 4.26. The summed E-state index contributed by atoms with van der Waals surface area (Å²) in [7, 11) is 0. The first-order valence-electron chi connectivity index (χ1n) is 10.4. The van der Waals surface area contributed by atoms with Crippen LogP contribution in [0.15, 0.2) is 46.9 Å². The topological polar surface area (TPSA) is 58.8 Å². The Hall–Kier alpha value is -2.59. The van der Waals surface area contributed by atoms with Crippen LogP contribution < -0.4 is 4.90 Å². The Morgan fingerprint density at radius 3 is 2.73 bits per heavy atom. The molecular weight excluding hydrogens is 472 g/mol. The van der Waals surface area contributed by atoms with Gasteiger partial charge in [0, 0.05) is 37.6 Å². The van der Waals surface area contributed by atoms with E-state index in [0.717, 1.165) is 42.4 Å². The van der Waals surface area contributed by atoms with Crippen LogP contribution in [-0.2, 0) is 4.74 Å². The lowest BCUT2D eigenvalue weighted by atomic mass is 10.2. The molecule has 0 radical (unpaired) electrons. The van der Waals surface area contributed by atoms with Crippen LogP contribution in [0.2, 0.25) is 0 Å². The third-order valence-corrected chi connectivity index (χ3v) is 6.50. The first kappa shape index (κ1) is 23.6. The molecule has 2 aromatic carbocycles. The number of ether oxygens (including phenoxy) is 1. The van der Waals surface area contributed by atoms with E-state index in [0.29, 0.717) is 41.6 Å². The lowest BCUT2D eigenvalue weighted by Gasteiger charge is -2.27. The van der Waals surface area contributed by atoms with Crippen molar-refractivity contribution in [2.24, 2.45) is 0 Å². The molecule has 0 N–H and O–H groups in total. The molecule has 5 rings (SSSR count). The summed E-state index contributed by atoms with van der Waals surface area (Å²) in [5.41, 5.74) is 0.670. The minimum Gasteiger partial charge on any atom is -0.451 e. The fraction of sp³-hybridized carbons (Fsp3) is 0.304. The lowest BCUT2D eigenvalue weighted by Crippen LogP contribution is -2.39. The van der Waals surface area contributed by atoms with Gasteiger partial charge in [0.2, 0.25) is 0 Å². The molecule has 0 atom stereocenters. The predicted octanol–water partition coefficient (Wildman–Crippen LogP) is 5.11. The number of para-hydroxylation sites is 1. The highest BCUT2D eigenvalue weighted by Gasteiger charge is 2.25. The molecule has 1 amide bonds. The van der Waals surface area contributed by atoms with Gasteiger partial charge in [0.25, 0.3) is 5.91 Å². The minimum absolute atomic E-state index is 0.